The first-order valence-electron chi connectivity index (χ1n) is 11.8. The minimum Gasteiger partial charge on any atom is -0.486 e. The summed E-state index contributed by atoms with van der Waals surface area (Å²) in [6.45, 7) is 13.2. The largest absolute Gasteiger partial charge is 0.486 e. The molecule has 0 bridgehead atoms. The number of para-hydroxylation sites is 4. The van der Waals surface area contributed by atoms with Crippen molar-refractivity contribution in [2.75, 3.05) is 52.6 Å². The van der Waals surface area contributed by atoms with E-state index in [0.717, 1.165) is 36.2 Å². The predicted molar refractivity (Wildman–Crippen MR) is 146 cm³/mol. The highest BCUT2D eigenvalue weighted by molar-refractivity contribution is 7.80. The number of benzene rings is 2. The van der Waals surface area contributed by atoms with E-state index in [1.807, 2.05) is 48.5 Å². The summed E-state index contributed by atoms with van der Waals surface area (Å²) in [5.74, 6) is 2.63. The van der Waals surface area contributed by atoms with Gasteiger partial charge in [0.05, 0.1) is 0 Å². The maximum Gasteiger partial charge on any atom is 0.161 e. The number of likely N-dealkylation sites (N-methyl/N-ethyl adjacent to an activating group) is 2. The molecule has 0 spiro atoms. The SMILES string of the molecule is CCN(CC)C(=S)COc1ccccc1OCCOc1ccccc1OCC(=S)N(CC)CC. The first-order valence-corrected chi connectivity index (χ1v) is 12.6. The lowest BCUT2D eigenvalue weighted by atomic mass is 10.3. The molecule has 186 valence electrons. The summed E-state index contributed by atoms with van der Waals surface area (Å²) in [5.41, 5.74) is 0. The lowest BCUT2D eigenvalue weighted by Gasteiger charge is -2.22. The van der Waals surface area contributed by atoms with Crippen LogP contribution in [0, 0.1) is 0 Å². The van der Waals surface area contributed by atoms with E-state index in [1.165, 1.54) is 0 Å². The highest BCUT2D eigenvalue weighted by Crippen LogP contribution is 2.28. The highest BCUT2D eigenvalue weighted by Gasteiger charge is 2.11. The van der Waals surface area contributed by atoms with Crippen molar-refractivity contribution in [1.82, 2.24) is 9.80 Å². The number of thiocarbonyl (C=S) groups is 2. The van der Waals surface area contributed by atoms with Crippen molar-refractivity contribution in [2.45, 2.75) is 27.7 Å². The Bertz CT molecular complexity index is 828. The van der Waals surface area contributed by atoms with Crippen LogP contribution in [0.25, 0.3) is 0 Å². The summed E-state index contributed by atoms with van der Waals surface area (Å²) < 4.78 is 23.7. The minimum atomic E-state index is 0.341. The van der Waals surface area contributed by atoms with Gasteiger partial charge in [0.2, 0.25) is 0 Å². The average Bonchev–Trinajstić information content (AvgIpc) is 2.86. The van der Waals surface area contributed by atoms with E-state index >= 15 is 0 Å². The van der Waals surface area contributed by atoms with Crippen LogP contribution >= 0.6 is 24.4 Å². The summed E-state index contributed by atoms with van der Waals surface area (Å²) in [7, 11) is 0. The molecule has 0 fully saturated rings. The smallest absolute Gasteiger partial charge is 0.161 e. The molecule has 0 amide bonds. The molecule has 0 atom stereocenters. The number of nitrogens with zero attached hydrogens (tertiary/aromatic N) is 2. The third-order valence-electron chi connectivity index (χ3n) is 5.23. The average molecular weight is 505 g/mol. The van der Waals surface area contributed by atoms with Crippen LogP contribution in [0.4, 0.5) is 0 Å². The number of ether oxygens (including phenoxy) is 4. The van der Waals surface area contributed by atoms with Crippen molar-refractivity contribution in [3.05, 3.63) is 48.5 Å². The second-order valence-electron chi connectivity index (χ2n) is 7.30. The third kappa shape index (κ3) is 8.65. The zero-order valence-electron chi connectivity index (χ0n) is 20.6. The van der Waals surface area contributed by atoms with Crippen LogP contribution in [0.1, 0.15) is 27.7 Å². The van der Waals surface area contributed by atoms with Crippen molar-refractivity contribution in [3.8, 4) is 23.0 Å². The van der Waals surface area contributed by atoms with Crippen LogP contribution in [0.5, 0.6) is 23.0 Å². The number of hydrogen-bond acceptors (Lipinski definition) is 6. The molecule has 0 aliphatic heterocycles. The van der Waals surface area contributed by atoms with Crippen LogP contribution in [0.2, 0.25) is 0 Å². The zero-order valence-corrected chi connectivity index (χ0v) is 22.3. The Hall–Kier alpha value is -2.58. The second-order valence-corrected chi connectivity index (χ2v) is 8.24. The van der Waals surface area contributed by atoms with Gasteiger partial charge in [0.1, 0.15) is 36.4 Å². The van der Waals surface area contributed by atoms with E-state index in [0.29, 0.717) is 49.4 Å². The first-order chi connectivity index (χ1) is 16.5. The molecular formula is C26H36N2O4S2. The zero-order chi connectivity index (χ0) is 24.8. The van der Waals surface area contributed by atoms with Gasteiger partial charge in [-0.2, -0.15) is 0 Å². The van der Waals surface area contributed by atoms with Gasteiger partial charge in [-0.05, 0) is 52.0 Å². The molecule has 2 rings (SSSR count). The Morgan fingerprint density at radius 1 is 0.559 bits per heavy atom. The Balaban J connectivity index is 1.86. The van der Waals surface area contributed by atoms with Crippen LogP contribution in [-0.4, -0.2) is 72.4 Å². The first kappa shape index (κ1) is 27.7. The van der Waals surface area contributed by atoms with Crippen molar-refractivity contribution < 1.29 is 18.9 Å². The maximum atomic E-state index is 5.93. The Labute approximate surface area is 214 Å². The van der Waals surface area contributed by atoms with Crippen LogP contribution < -0.4 is 18.9 Å². The van der Waals surface area contributed by atoms with E-state index in [9.17, 15) is 0 Å². The Morgan fingerprint density at radius 3 is 1.15 bits per heavy atom. The summed E-state index contributed by atoms with van der Waals surface area (Å²) in [5, 5.41) is 0. The number of hydrogen-bond donors (Lipinski definition) is 0. The van der Waals surface area contributed by atoms with E-state index in [2.05, 4.69) is 37.5 Å². The molecular weight excluding hydrogens is 468 g/mol. The van der Waals surface area contributed by atoms with Crippen molar-refractivity contribution in [3.63, 3.8) is 0 Å². The topological polar surface area (TPSA) is 43.4 Å². The van der Waals surface area contributed by atoms with Crippen LogP contribution in [0.3, 0.4) is 0 Å². The molecule has 0 aromatic heterocycles. The van der Waals surface area contributed by atoms with Crippen molar-refractivity contribution in [2.24, 2.45) is 0 Å². The Kier molecular flexibility index (Phi) is 12.5. The fourth-order valence-corrected chi connectivity index (χ4v) is 3.93. The quantitative estimate of drug-likeness (QED) is 0.241. The highest BCUT2D eigenvalue weighted by atomic mass is 32.1. The summed E-state index contributed by atoms with van der Waals surface area (Å²) in [6, 6.07) is 15.2. The predicted octanol–water partition coefficient (Wildman–Crippen LogP) is 5.24. The van der Waals surface area contributed by atoms with Gasteiger partial charge in [0.15, 0.2) is 23.0 Å². The summed E-state index contributed by atoms with van der Waals surface area (Å²) in [4.78, 5) is 5.75. The van der Waals surface area contributed by atoms with E-state index < -0.39 is 0 Å². The molecule has 0 unspecified atom stereocenters. The Morgan fingerprint density at radius 2 is 0.853 bits per heavy atom. The van der Waals surface area contributed by atoms with Gasteiger partial charge in [-0.1, -0.05) is 48.7 Å². The molecule has 8 heteroatoms. The second kappa shape index (κ2) is 15.3. The molecule has 0 aliphatic rings. The molecule has 6 nitrogen and oxygen atoms in total. The van der Waals surface area contributed by atoms with Crippen LogP contribution in [0.15, 0.2) is 48.5 Å². The minimum absolute atomic E-state index is 0.341. The molecule has 0 saturated heterocycles. The van der Waals surface area contributed by atoms with E-state index in [-0.39, 0.29) is 0 Å². The maximum absolute atomic E-state index is 5.93. The lowest BCUT2D eigenvalue weighted by molar-refractivity contribution is 0.203. The fraction of sp³-hybridized carbons (Fsp3) is 0.462. The van der Waals surface area contributed by atoms with Gasteiger partial charge in [-0.25, -0.2) is 0 Å². The fourth-order valence-electron chi connectivity index (χ4n) is 3.29. The molecule has 2 aromatic rings. The normalized spacial score (nSPS) is 10.4. The molecule has 2 aromatic carbocycles. The molecule has 0 N–H and O–H groups in total. The number of rotatable bonds is 15. The van der Waals surface area contributed by atoms with Gasteiger partial charge in [-0.15, -0.1) is 0 Å². The monoisotopic (exact) mass is 504 g/mol. The lowest BCUT2D eigenvalue weighted by Crippen LogP contribution is -2.33. The van der Waals surface area contributed by atoms with E-state index in [4.69, 9.17) is 43.4 Å². The van der Waals surface area contributed by atoms with Crippen molar-refractivity contribution in [1.29, 1.82) is 0 Å². The standard InChI is InChI=1S/C26H36N2O4S2/c1-5-27(6-2)25(33)19-31-23-15-11-9-13-21(23)29-17-18-30-22-14-10-12-16-24(22)32-20-26(34)28(7-3)8-4/h9-16H,5-8,17-20H2,1-4H3. The third-order valence-corrected chi connectivity index (χ3v) is 5.98. The molecule has 34 heavy (non-hydrogen) atoms. The van der Waals surface area contributed by atoms with Gasteiger partial charge in [0, 0.05) is 26.2 Å². The van der Waals surface area contributed by atoms with E-state index in [1.54, 1.807) is 0 Å². The molecule has 0 saturated carbocycles. The molecule has 0 radical (unpaired) electrons. The van der Waals surface area contributed by atoms with Crippen molar-refractivity contribution >= 4 is 34.4 Å². The van der Waals surface area contributed by atoms with Gasteiger partial charge >= 0.3 is 0 Å². The van der Waals surface area contributed by atoms with Crippen LogP contribution in [-0.2, 0) is 0 Å². The van der Waals surface area contributed by atoms with Gasteiger partial charge < -0.3 is 28.7 Å². The molecule has 0 aliphatic carbocycles. The summed E-state index contributed by atoms with van der Waals surface area (Å²) in [6.07, 6.45) is 0. The summed E-state index contributed by atoms with van der Waals surface area (Å²) >= 11 is 10.9. The van der Waals surface area contributed by atoms with Gasteiger partial charge in [-0.3, -0.25) is 0 Å². The van der Waals surface area contributed by atoms with Gasteiger partial charge in [0.25, 0.3) is 0 Å². The molecule has 0 heterocycles.